The molecule has 0 unspecified atom stereocenters. The van der Waals surface area contributed by atoms with E-state index in [1.807, 2.05) is 0 Å². The van der Waals surface area contributed by atoms with Gasteiger partial charge in [0.15, 0.2) is 11.6 Å². The molecule has 0 radical (unpaired) electrons. The SMILES string of the molecule is O=CCNCC(=O)[C@H](CCC(=O)O)NCC(=O)CO.[2H-]. The fraction of sp³-hybridized carbons (Fsp3) is 0.636. The predicted octanol–water partition coefficient (Wildman–Crippen LogP) is -2.16. The van der Waals surface area contributed by atoms with Crippen LogP contribution in [0.3, 0.4) is 0 Å². The summed E-state index contributed by atoms with van der Waals surface area (Å²) in [5.41, 5.74) is 0. The van der Waals surface area contributed by atoms with E-state index < -0.39 is 24.4 Å². The average molecular weight is 276 g/mol. The first-order valence-corrected chi connectivity index (χ1v) is 5.76. The summed E-state index contributed by atoms with van der Waals surface area (Å²) < 4.78 is 0. The Balaban J connectivity index is 0. The molecule has 0 spiro atoms. The molecular weight excluding hydrogens is 256 g/mol. The number of nitrogens with one attached hydrogen (secondary N) is 2. The van der Waals surface area contributed by atoms with Crippen LogP contribution in [0.4, 0.5) is 0 Å². The molecule has 0 rings (SSSR count). The molecule has 0 aromatic rings. The van der Waals surface area contributed by atoms with Crippen molar-refractivity contribution in [2.45, 2.75) is 18.9 Å². The topological polar surface area (TPSA) is 133 Å². The van der Waals surface area contributed by atoms with E-state index in [9.17, 15) is 19.2 Å². The van der Waals surface area contributed by atoms with Crippen molar-refractivity contribution in [2.75, 3.05) is 26.2 Å². The van der Waals surface area contributed by atoms with E-state index in [1.165, 1.54) is 0 Å². The summed E-state index contributed by atoms with van der Waals surface area (Å²) in [6.45, 7) is -0.924. The Kier molecular flexibility index (Phi) is 9.41. The number of carboxylic acid groups (broad SMARTS) is 1. The van der Waals surface area contributed by atoms with Crippen LogP contribution in [0.25, 0.3) is 0 Å². The van der Waals surface area contributed by atoms with Gasteiger partial charge in [-0.15, -0.1) is 0 Å². The standard InChI is InChI=1S/C11H18N2O6.H/c14-4-3-12-6-10(17)9(1-2-11(18)19)13-5-8(16)7-15;/h4,9,12-13,15H,1-3,5-7H2,(H,18,19);/q;-1/t9-;/m0./s1/i;1+1. The normalized spacial score (nSPS) is 11.8. The van der Waals surface area contributed by atoms with Gasteiger partial charge in [-0.3, -0.25) is 14.4 Å². The summed E-state index contributed by atoms with van der Waals surface area (Å²) in [5, 5.41) is 22.3. The second-order valence-electron chi connectivity index (χ2n) is 3.83. The molecule has 0 heterocycles. The summed E-state index contributed by atoms with van der Waals surface area (Å²) in [6, 6.07) is -0.800. The van der Waals surface area contributed by atoms with Crippen LogP contribution in [0, 0.1) is 0 Å². The molecule has 0 aliphatic heterocycles. The van der Waals surface area contributed by atoms with Gasteiger partial charge < -0.3 is 27.1 Å². The van der Waals surface area contributed by atoms with E-state index in [1.54, 1.807) is 0 Å². The number of ketones is 2. The van der Waals surface area contributed by atoms with Gasteiger partial charge in [0.1, 0.15) is 12.9 Å². The molecule has 8 nitrogen and oxygen atoms in total. The molecule has 0 aliphatic carbocycles. The lowest BCUT2D eigenvalue weighted by Gasteiger charge is -2.16. The van der Waals surface area contributed by atoms with Crippen molar-refractivity contribution in [1.29, 1.82) is 0 Å². The molecular formula is C11H19N2O6-. The fourth-order valence-electron chi connectivity index (χ4n) is 1.32. The maximum Gasteiger partial charge on any atom is 0.303 e. The van der Waals surface area contributed by atoms with Gasteiger partial charge in [0, 0.05) is 6.42 Å². The van der Waals surface area contributed by atoms with Crippen LogP contribution in [0.2, 0.25) is 0 Å². The van der Waals surface area contributed by atoms with Gasteiger partial charge in [0.25, 0.3) is 0 Å². The number of aliphatic hydroxyl groups excluding tert-OH is 1. The molecule has 0 bridgehead atoms. The first-order chi connectivity index (χ1) is 9.01. The van der Waals surface area contributed by atoms with Crippen LogP contribution in [-0.4, -0.2) is 66.3 Å². The zero-order valence-corrected chi connectivity index (χ0v) is 10.4. The van der Waals surface area contributed by atoms with Crippen LogP contribution in [-0.2, 0) is 19.2 Å². The zero-order valence-electron chi connectivity index (χ0n) is 11.4. The van der Waals surface area contributed by atoms with E-state index in [4.69, 9.17) is 10.2 Å². The molecule has 0 saturated heterocycles. The van der Waals surface area contributed by atoms with Crippen LogP contribution >= 0.6 is 0 Å². The van der Waals surface area contributed by atoms with Gasteiger partial charge in [-0.25, -0.2) is 0 Å². The predicted molar refractivity (Wildman–Crippen MR) is 65.8 cm³/mol. The molecule has 0 amide bonds. The van der Waals surface area contributed by atoms with Gasteiger partial charge >= 0.3 is 5.97 Å². The van der Waals surface area contributed by atoms with Crippen molar-refractivity contribution in [1.82, 2.24) is 10.6 Å². The highest BCUT2D eigenvalue weighted by molar-refractivity contribution is 5.88. The average Bonchev–Trinajstić information content (AvgIpc) is 2.38. The fourth-order valence-corrected chi connectivity index (χ4v) is 1.32. The lowest BCUT2D eigenvalue weighted by Crippen LogP contribution is -2.44. The summed E-state index contributed by atoms with van der Waals surface area (Å²) in [4.78, 5) is 43.2. The highest BCUT2D eigenvalue weighted by atomic mass is 16.4. The lowest BCUT2D eigenvalue weighted by atomic mass is 10.1. The van der Waals surface area contributed by atoms with Crippen LogP contribution in [0.5, 0.6) is 0 Å². The monoisotopic (exact) mass is 276 g/mol. The summed E-state index contributed by atoms with van der Waals surface area (Å²) >= 11 is 0. The Bertz CT molecular complexity index is 337. The van der Waals surface area contributed by atoms with E-state index in [2.05, 4.69) is 10.6 Å². The van der Waals surface area contributed by atoms with Crippen molar-refractivity contribution in [3.8, 4) is 0 Å². The minimum absolute atomic E-state index is 0. The molecule has 4 N–H and O–H groups in total. The number of aliphatic hydroxyl groups is 1. The quantitative estimate of drug-likeness (QED) is 0.234. The molecule has 0 aromatic heterocycles. The maximum atomic E-state index is 11.7. The van der Waals surface area contributed by atoms with E-state index >= 15 is 0 Å². The smallest absolute Gasteiger partial charge is 0.303 e. The van der Waals surface area contributed by atoms with Gasteiger partial charge in [-0.1, -0.05) is 0 Å². The number of carboxylic acids is 1. The van der Waals surface area contributed by atoms with Gasteiger partial charge in [-0.05, 0) is 6.42 Å². The number of hydrogen-bond acceptors (Lipinski definition) is 7. The summed E-state index contributed by atoms with van der Waals surface area (Å²) in [7, 11) is 0. The van der Waals surface area contributed by atoms with Gasteiger partial charge in [0.05, 0.1) is 25.7 Å². The van der Waals surface area contributed by atoms with E-state index in [0.717, 1.165) is 0 Å². The minimum Gasteiger partial charge on any atom is -1.00 e. The van der Waals surface area contributed by atoms with Crippen molar-refractivity contribution in [3.63, 3.8) is 0 Å². The zero-order chi connectivity index (χ0) is 14.7. The van der Waals surface area contributed by atoms with E-state index in [-0.39, 0.29) is 39.7 Å². The summed E-state index contributed by atoms with van der Waals surface area (Å²) in [5.74, 6) is -1.88. The number of Topliss-reactive ketones (excluding diaryl/α,β-unsaturated/α-hetero) is 2. The number of hydrogen-bond donors (Lipinski definition) is 4. The van der Waals surface area contributed by atoms with Crippen LogP contribution in [0.1, 0.15) is 14.3 Å². The number of aldehydes is 1. The Morgan fingerprint density at radius 2 is 1.95 bits per heavy atom. The van der Waals surface area contributed by atoms with Crippen molar-refractivity contribution in [3.05, 3.63) is 0 Å². The van der Waals surface area contributed by atoms with Crippen molar-refractivity contribution < 1.29 is 30.8 Å². The molecule has 0 saturated carbocycles. The number of carbonyl (C=O) groups excluding carboxylic acids is 3. The first-order valence-electron chi connectivity index (χ1n) is 5.76. The third kappa shape index (κ3) is 9.00. The molecule has 110 valence electrons. The highest BCUT2D eigenvalue weighted by Gasteiger charge is 2.19. The summed E-state index contributed by atoms with van der Waals surface area (Å²) in [6.07, 6.45) is 0.419. The number of rotatable bonds is 12. The van der Waals surface area contributed by atoms with E-state index in [0.29, 0.717) is 6.29 Å². The highest BCUT2D eigenvalue weighted by Crippen LogP contribution is 1.99. The lowest BCUT2D eigenvalue weighted by molar-refractivity contribution is -0.137. The third-order valence-electron chi connectivity index (χ3n) is 2.28. The Labute approximate surface area is 111 Å². The molecule has 0 fully saturated rings. The maximum absolute atomic E-state index is 11.7. The Morgan fingerprint density at radius 3 is 2.47 bits per heavy atom. The first kappa shape index (κ1) is 17.4. The number of carbonyl (C=O) groups is 4. The second kappa shape index (κ2) is 10.3. The Morgan fingerprint density at radius 1 is 1.26 bits per heavy atom. The second-order valence-corrected chi connectivity index (χ2v) is 3.83. The molecule has 19 heavy (non-hydrogen) atoms. The van der Waals surface area contributed by atoms with Crippen molar-refractivity contribution >= 4 is 23.8 Å². The van der Waals surface area contributed by atoms with Gasteiger partial charge in [-0.2, -0.15) is 0 Å². The van der Waals surface area contributed by atoms with Crippen LogP contribution in [0.15, 0.2) is 0 Å². The number of aliphatic carboxylic acids is 1. The van der Waals surface area contributed by atoms with Crippen LogP contribution < -0.4 is 10.6 Å². The van der Waals surface area contributed by atoms with Gasteiger partial charge in [0.2, 0.25) is 0 Å². The Hall–Kier alpha value is -1.64. The molecule has 8 heteroatoms. The van der Waals surface area contributed by atoms with Crippen molar-refractivity contribution in [2.24, 2.45) is 0 Å². The third-order valence-corrected chi connectivity index (χ3v) is 2.28. The molecule has 0 aliphatic rings. The largest absolute Gasteiger partial charge is 1.00 e. The molecule has 1 atom stereocenters. The molecule has 0 aromatic carbocycles. The minimum atomic E-state index is -1.05.